The maximum atomic E-state index is 12.4. The van der Waals surface area contributed by atoms with Crippen LogP contribution in [0.2, 0.25) is 0 Å². The molecule has 0 bridgehead atoms. The Hall–Kier alpha value is -1.76. The molecular weight excluding hydrogens is 366 g/mol. The van der Waals surface area contributed by atoms with Crippen molar-refractivity contribution in [1.82, 2.24) is 5.32 Å². The number of nitrogens with one attached hydrogen (secondary N) is 1. The largest absolute Gasteiger partial charge is 0.486 e. The third kappa shape index (κ3) is 3.60. The number of hydrogen-bond donors (Lipinski definition) is 2. The third-order valence-corrected chi connectivity index (χ3v) is 4.84. The first-order chi connectivity index (χ1) is 10.9. The summed E-state index contributed by atoms with van der Waals surface area (Å²) in [5.74, 6) is -0.151. The van der Waals surface area contributed by atoms with E-state index in [9.17, 15) is 14.7 Å². The summed E-state index contributed by atoms with van der Waals surface area (Å²) in [6.45, 7) is 4.60. The number of fused-ring (bicyclic) bond motifs is 1. The normalized spacial score (nSPS) is 13.5. The standard InChI is InChI=1S/C16H20BrNO5/c1-3-16(4-2,15(20)21)9-18-14(19)10-7-11(17)13-12(8-10)22-5-6-23-13/h7-8H,3-6,9H2,1-2H3,(H,18,19)(H,20,21). The molecule has 1 aromatic carbocycles. The molecule has 0 saturated heterocycles. The Morgan fingerprint density at radius 1 is 1.26 bits per heavy atom. The second-order valence-corrected chi connectivity index (χ2v) is 6.31. The van der Waals surface area contributed by atoms with E-state index in [0.717, 1.165) is 0 Å². The van der Waals surface area contributed by atoms with Gasteiger partial charge in [0.2, 0.25) is 0 Å². The van der Waals surface area contributed by atoms with Crippen LogP contribution in [0.1, 0.15) is 37.0 Å². The first-order valence-electron chi connectivity index (χ1n) is 7.54. The topological polar surface area (TPSA) is 84.9 Å². The summed E-state index contributed by atoms with van der Waals surface area (Å²) in [5, 5.41) is 12.1. The van der Waals surface area contributed by atoms with E-state index in [2.05, 4.69) is 21.2 Å². The van der Waals surface area contributed by atoms with Crippen LogP contribution < -0.4 is 14.8 Å². The van der Waals surface area contributed by atoms with Gasteiger partial charge in [-0.3, -0.25) is 9.59 Å². The fourth-order valence-corrected chi connectivity index (χ4v) is 3.03. The lowest BCUT2D eigenvalue weighted by Crippen LogP contribution is -2.42. The van der Waals surface area contributed by atoms with E-state index in [-0.39, 0.29) is 12.5 Å². The Labute approximate surface area is 143 Å². The second-order valence-electron chi connectivity index (χ2n) is 5.46. The van der Waals surface area contributed by atoms with Gasteiger partial charge in [-0.15, -0.1) is 0 Å². The van der Waals surface area contributed by atoms with Crippen molar-refractivity contribution in [2.45, 2.75) is 26.7 Å². The highest BCUT2D eigenvalue weighted by molar-refractivity contribution is 9.10. The third-order valence-electron chi connectivity index (χ3n) is 4.25. The number of aliphatic carboxylic acids is 1. The summed E-state index contributed by atoms with van der Waals surface area (Å²) >= 11 is 3.36. The zero-order valence-electron chi connectivity index (χ0n) is 13.1. The Bertz CT molecular complexity index is 613. The van der Waals surface area contributed by atoms with Crippen molar-refractivity contribution in [3.63, 3.8) is 0 Å². The van der Waals surface area contributed by atoms with E-state index in [0.29, 0.717) is 47.6 Å². The molecule has 1 aromatic rings. The van der Waals surface area contributed by atoms with Gasteiger partial charge in [0.15, 0.2) is 11.5 Å². The molecule has 23 heavy (non-hydrogen) atoms. The highest BCUT2D eigenvalue weighted by atomic mass is 79.9. The van der Waals surface area contributed by atoms with E-state index >= 15 is 0 Å². The minimum atomic E-state index is -0.944. The van der Waals surface area contributed by atoms with Crippen molar-refractivity contribution < 1.29 is 24.2 Å². The molecule has 1 aliphatic heterocycles. The first kappa shape index (κ1) is 17.6. The van der Waals surface area contributed by atoms with Crippen molar-refractivity contribution in [3.05, 3.63) is 22.2 Å². The Morgan fingerprint density at radius 3 is 2.52 bits per heavy atom. The summed E-state index contributed by atoms with van der Waals surface area (Å²) in [6.07, 6.45) is 0.897. The monoisotopic (exact) mass is 385 g/mol. The predicted molar refractivity (Wildman–Crippen MR) is 88.1 cm³/mol. The van der Waals surface area contributed by atoms with Gasteiger partial charge < -0.3 is 19.9 Å². The molecule has 126 valence electrons. The molecule has 0 atom stereocenters. The van der Waals surface area contributed by atoms with Crippen molar-refractivity contribution in [3.8, 4) is 11.5 Å². The number of carboxylic acid groups (broad SMARTS) is 1. The molecule has 0 fully saturated rings. The van der Waals surface area contributed by atoms with E-state index < -0.39 is 11.4 Å². The molecule has 1 heterocycles. The molecule has 6 nitrogen and oxygen atoms in total. The molecular formula is C16H20BrNO5. The van der Waals surface area contributed by atoms with Crippen LogP contribution in [-0.2, 0) is 4.79 Å². The maximum Gasteiger partial charge on any atom is 0.311 e. The zero-order valence-corrected chi connectivity index (χ0v) is 14.7. The average Bonchev–Trinajstić information content (AvgIpc) is 2.55. The molecule has 0 unspecified atom stereocenters. The molecule has 0 aromatic heterocycles. The summed E-state index contributed by atoms with van der Waals surface area (Å²) in [7, 11) is 0. The first-order valence-corrected chi connectivity index (χ1v) is 8.33. The van der Waals surface area contributed by atoms with Gasteiger partial charge in [0.1, 0.15) is 13.2 Å². The minimum Gasteiger partial charge on any atom is -0.486 e. The van der Waals surface area contributed by atoms with Crippen LogP contribution in [0.4, 0.5) is 0 Å². The van der Waals surface area contributed by atoms with Crippen LogP contribution in [0.5, 0.6) is 11.5 Å². The lowest BCUT2D eigenvalue weighted by atomic mass is 9.82. The number of benzene rings is 1. The van der Waals surface area contributed by atoms with Crippen LogP contribution in [-0.4, -0.2) is 36.7 Å². The van der Waals surface area contributed by atoms with Crippen LogP contribution in [0.15, 0.2) is 16.6 Å². The number of carboxylic acids is 1. The fraction of sp³-hybridized carbons (Fsp3) is 0.500. The summed E-state index contributed by atoms with van der Waals surface area (Å²) in [6, 6.07) is 3.25. The quantitative estimate of drug-likeness (QED) is 0.786. The van der Waals surface area contributed by atoms with Crippen molar-refractivity contribution in [2.75, 3.05) is 19.8 Å². The number of hydrogen-bond acceptors (Lipinski definition) is 4. The minimum absolute atomic E-state index is 0.0836. The van der Waals surface area contributed by atoms with Gasteiger partial charge in [-0.05, 0) is 40.9 Å². The summed E-state index contributed by atoms with van der Waals surface area (Å²) in [4.78, 5) is 23.8. The van der Waals surface area contributed by atoms with E-state index in [1.54, 1.807) is 12.1 Å². The number of rotatable bonds is 6. The van der Waals surface area contributed by atoms with Crippen LogP contribution in [0.25, 0.3) is 0 Å². The van der Waals surface area contributed by atoms with E-state index in [4.69, 9.17) is 9.47 Å². The van der Waals surface area contributed by atoms with Crippen LogP contribution >= 0.6 is 15.9 Å². The molecule has 0 saturated carbocycles. The van der Waals surface area contributed by atoms with E-state index in [1.807, 2.05) is 13.8 Å². The van der Waals surface area contributed by atoms with Crippen LogP contribution in [0.3, 0.4) is 0 Å². The van der Waals surface area contributed by atoms with Gasteiger partial charge in [0.05, 0.1) is 9.89 Å². The number of halogens is 1. The van der Waals surface area contributed by atoms with Crippen molar-refractivity contribution in [2.24, 2.45) is 5.41 Å². The molecule has 0 spiro atoms. The lowest BCUT2D eigenvalue weighted by molar-refractivity contribution is -0.149. The zero-order chi connectivity index (χ0) is 17.0. The number of carbonyl (C=O) groups is 2. The van der Waals surface area contributed by atoms with Gasteiger partial charge in [-0.2, -0.15) is 0 Å². The van der Waals surface area contributed by atoms with Gasteiger partial charge >= 0.3 is 5.97 Å². The highest BCUT2D eigenvalue weighted by Crippen LogP contribution is 2.38. The lowest BCUT2D eigenvalue weighted by Gasteiger charge is -2.27. The maximum absolute atomic E-state index is 12.4. The second kappa shape index (κ2) is 7.21. The Kier molecular flexibility index (Phi) is 5.51. The van der Waals surface area contributed by atoms with Gasteiger partial charge in [-0.25, -0.2) is 0 Å². The SMILES string of the molecule is CCC(CC)(CNC(=O)c1cc(Br)c2c(c1)OCCO2)C(=O)O. The van der Waals surface area contributed by atoms with Crippen LogP contribution in [0, 0.1) is 5.41 Å². The number of carbonyl (C=O) groups excluding carboxylic acids is 1. The van der Waals surface area contributed by atoms with Gasteiger partial charge in [0.25, 0.3) is 5.91 Å². The highest BCUT2D eigenvalue weighted by Gasteiger charge is 2.35. The van der Waals surface area contributed by atoms with Crippen molar-refractivity contribution >= 4 is 27.8 Å². The molecule has 2 rings (SSSR count). The number of amides is 1. The van der Waals surface area contributed by atoms with Gasteiger partial charge in [-0.1, -0.05) is 13.8 Å². The number of ether oxygens (including phenoxy) is 2. The Morgan fingerprint density at radius 2 is 1.91 bits per heavy atom. The van der Waals surface area contributed by atoms with Crippen molar-refractivity contribution in [1.29, 1.82) is 0 Å². The molecule has 1 aliphatic rings. The molecule has 0 aliphatic carbocycles. The molecule has 7 heteroatoms. The Balaban J connectivity index is 2.15. The molecule has 0 radical (unpaired) electrons. The van der Waals surface area contributed by atoms with Gasteiger partial charge in [0, 0.05) is 12.1 Å². The molecule has 1 amide bonds. The van der Waals surface area contributed by atoms with E-state index in [1.165, 1.54) is 0 Å². The fourth-order valence-electron chi connectivity index (χ4n) is 2.47. The smallest absolute Gasteiger partial charge is 0.311 e. The summed E-state index contributed by atoms with van der Waals surface area (Å²) < 4.78 is 11.6. The predicted octanol–water partition coefficient (Wildman–Crippen LogP) is 2.84. The average molecular weight is 386 g/mol. The summed E-state index contributed by atoms with van der Waals surface area (Å²) in [5.41, 5.74) is -0.548. The molecule has 2 N–H and O–H groups in total.